The van der Waals surface area contributed by atoms with E-state index >= 15 is 0 Å². The summed E-state index contributed by atoms with van der Waals surface area (Å²) in [4.78, 5) is 38.1. The van der Waals surface area contributed by atoms with Gasteiger partial charge in [-0.2, -0.15) is 0 Å². The topological polar surface area (TPSA) is 99.7 Å². The average molecular weight is 475 g/mol. The molecule has 0 spiro atoms. The van der Waals surface area contributed by atoms with Crippen molar-refractivity contribution < 1.29 is 14.3 Å². The van der Waals surface area contributed by atoms with Gasteiger partial charge in [0.1, 0.15) is 5.75 Å². The molecule has 1 saturated heterocycles. The molecule has 0 radical (unpaired) electrons. The van der Waals surface area contributed by atoms with Crippen molar-refractivity contribution in [2.45, 2.75) is 12.5 Å². The van der Waals surface area contributed by atoms with Crippen molar-refractivity contribution in [1.82, 2.24) is 19.8 Å². The van der Waals surface area contributed by atoms with Gasteiger partial charge in [-0.05, 0) is 38.7 Å². The quantitative estimate of drug-likeness (QED) is 0.484. The third-order valence-electron chi connectivity index (χ3n) is 5.74. The zero-order valence-electron chi connectivity index (χ0n) is 20.2. The molecule has 182 valence electrons. The first-order valence-corrected chi connectivity index (χ1v) is 11.5. The number of amides is 2. The fourth-order valence-corrected chi connectivity index (χ4v) is 3.96. The van der Waals surface area contributed by atoms with E-state index in [9.17, 15) is 9.59 Å². The highest BCUT2D eigenvalue weighted by Gasteiger charge is 2.29. The molecule has 4 rings (SSSR count). The van der Waals surface area contributed by atoms with Gasteiger partial charge in [0, 0.05) is 55.1 Å². The second kappa shape index (κ2) is 11.0. The number of fused-ring (bicyclic) bond motifs is 1. The van der Waals surface area contributed by atoms with Gasteiger partial charge in [0.05, 0.1) is 18.2 Å². The number of methoxy groups -OCH3 is 1. The highest BCUT2D eigenvalue weighted by molar-refractivity contribution is 6.01. The van der Waals surface area contributed by atoms with Crippen LogP contribution in [-0.2, 0) is 4.79 Å². The van der Waals surface area contributed by atoms with Gasteiger partial charge in [-0.3, -0.25) is 9.59 Å². The first-order chi connectivity index (χ1) is 16.9. The number of hydrogen-bond acceptors (Lipinski definition) is 7. The summed E-state index contributed by atoms with van der Waals surface area (Å²) < 4.78 is 5.47. The van der Waals surface area contributed by atoms with Crippen molar-refractivity contribution in [2.24, 2.45) is 0 Å². The summed E-state index contributed by atoms with van der Waals surface area (Å²) in [5.41, 5.74) is 1.89. The van der Waals surface area contributed by atoms with E-state index in [0.29, 0.717) is 42.6 Å². The number of hydrogen-bond donors (Lipinski definition) is 2. The zero-order chi connectivity index (χ0) is 24.8. The molecule has 0 bridgehead atoms. The number of likely N-dealkylation sites (tertiary alicyclic amines) is 1. The van der Waals surface area contributed by atoms with Crippen LogP contribution in [0.15, 0.2) is 60.8 Å². The van der Waals surface area contributed by atoms with Crippen LogP contribution in [0, 0.1) is 0 Å². The normalized spacial score (nSPS) is 15.7. The summed E-state index contributed by atoms with van der Waals surface area (Å²) in [5, 5.41) is 7.13. The van der Waals surface area contributed by atoms with Crippen molar-refractivity contribution in [3.05, 3.63) is 66.4 Å². The number of aromatic nitrogens is 2. The third-order valence-corrected chi connectivity index (χ3v) is 5.74. The number of para-hydroxylation sites is 1. The summed E-state index contributed by atoms with van der Waals surface area (Å²) in [5.74, 6) is 0.617. The Morgan fingerprint density at radius 1 is 1.23 bits per heavy atom. The Hall–Kier alpha value is -3.98. The van der Waals surface area contributed by atoms with Crippen LogP contribution in [0.1, 0.15) is 16.8 Å². The van der Waals surface area contributed by atoms with E-state index in [2.05, 4.69) is 20.6 Å². The molecule has 0 unspecified atom stereocenters. The van der Waals surface area contributed by atoms with Crippen molar-refractivity contribution in [1.29, 1.82) is 0 Å². The SMILES string of the molecule is COc1cc(NC(=O)/C=C/CN(C)C)ccc1C(=O)N1CC[C@@H](Nc2ncc3ccccc3n2)C1. The Morgan fingerprint density at radius 3 is 2.86 bits per heavy atom. The van der Waals surface area contributed by atoms with Crippen LogP contribution in [0.5, 0.6) is 5.75 Å². The Labute approximate surface area is 204 Å². The summed E-state index contributed by atoms with van der Waals surface area (Å²) >= 11 is 0. The first-order valence-electron chi connectivity index (χ1n) is 11.5. The number of carbonyl (C=O) groups is 2. The number of ether oxygens (including phenoxy) is 1. The molecule has 2 heterocycles. The van der Waals surface area contributed by atoms with E-state index in [1.165, 1.54) is 13.2 Å². The standard InChI is InChI=1S/C26H30N6O3/c1-31(2)13-6-9-24(33)28-19-10-11-21(23(15-19)35-3)25(34)32-14-12-20(17-32)29-26-27-16-18-7-4-5-8-22(18)30-26/h4-11,15-16,20H,12-14,17H2,1-3H3,(H,28,33)(H,27,29,30)/b9-6+/t20-/m1/s1. The van der Waals surface area contributed by atoms with Gasteiger partial charge in [0.2, 0.25) is 11.9 Å². The summed E-state index contributed by atoms with van der Waals surface area (Å²) in [7, 11) is 5.37. The highest BCUT2D eigenvalue weighted by atomic mass is 16.5. The van der Waals surface area contributed by atoms with Crippen LogP contribution in [0.25, 0.3) is 10.9 Å². The van der Waals surface area contributed by atoms with Gasteiger partial charge in [0.25, 0.3) is 5.91 Å². The minimum Gasteiger partial charge on any atom is -0.496 e. The molecular formula is C26H30N6O3. The number of benzene rings is 2. The third kappa shape index (κ3) is 6.13. The van der Waals surface area contributed by atoms with Crippen molar-refractivity contribution in [3.8, 4) is 5.75 Å². The van der Waals surface area contributed by atoms with Crippen molar-refractivity contribution in [2.75, 3.05) is 51.5 Å². The number of nitrogens with zero attached hydrogens (tertiary/aromatic N) is 4. The minimum absolute atomic E-state index is 0.0543. The van der Waals surface area contributed by atoms with Crippen LogP contribution in [0.4, 0.5) is 11.6 Å². The number of carbonyl (C=O) groups excluding carboxylic acids is 2. The Balaban J connectivity index is 1.38. The van der Waals surface area contributed by atoms with Crippen LogP contribution in [0.3, 0.4) is 0 Å². The van der Waals surface area contributed by atoms with E-state index < -0.39 is 0 Å². The van der Waals surface area contributed by atoms with E-state index in [1.807, 2.05) is 43.3 Å². The second-order valence-corrected chi connectivity index (χ2v) is 8.70. The molecule has 2 aromatic carbocycles. The van der Waals surface area contributed by atoms with Crippen LogP contribution in [-0.4, -0.2) is 78.5 Å². The molecule has 1 atom stereocenters. The molecule has 2 amide bonds. The average Bonchev–Trinajstić information content (AvgIpc) is 3.31. The van der Waals surface area contributed by atoms with Gasteiger partial charge in [-0.1, -0.05) is 24.3 Å². The van der Waals surface area contributed by atoms with Gasteiger partial charge in [-0.25, -0.2) is 9.97 Å². The molecule has 9 heteroatoms. The lowest BCUT2D eigenvalue weighted by Crippen LogP contribution is -2.32. The maximum Gasteiger partial charge on any atom is 0.257 e. The van der Waals surface area contributed by atoms with Crippen LogP contribution in [0.2, 0.25) is 0 Å². The first kappa shape index (κ1) is 24.2. The lowest BCUT2D eigenvalue weighted by molar-refractivity contribution is -0.111. The van der Waals surface area contributed by atoms with E-state index in [1.54, 1.807) is 35.4 Å². The lowest BCUT2D eigenvalue weighted by atomic mass is 10.1. The maximum absolute atomic E-state index is 13.2. The molecule has 9 nitrogen and oxygen atoms in total. The number of anilines is 2. The molecule has 2 N–H and O–H groups in total. The highest BCUT2D eigenvalue weighted by Crippen LogP contribution is 2.26. The van der Waals surface area contributed by atoms with Crippen molar-refractivity contribution >= 4 is 34.4 Å². The Morgan fingerprint density at radius 2 is 2.06 bits per heavy atom. The molecule has 3 aromatic rings. The largest absolute Gasteiger partial charge is 0.496 e. The smallest absolute Gasteiger partial charge is 0.257 e. The fraction of sp³-hybridized carbons (Fsp3) is 0.308. The fourth-order valence-electron chi connectivity index (χ4n) is 3.96. The van der Waals surface area contributed by atoms with Crippen molar-refractivity contribution in [3.63, 3.8) is 0 Å². The molecule has 35 heavy (non-hydrogen) atoms. The van der Waals surface area contributed by atoms with E-state index in [4.69, 9.17) is 4.74 Å². The molecular weight excluding hydrogens is 444 g/mol. The predicted octanol–water partition coefficient (Wildman–Crippen LogP) is 3.02. The van der Waals surface area contributed by atoms with Gasteiger partial charge >= 0.3 is 0 Å². The van der Waals surface area contributed by atoms with Gasteiger partial charge < -0.3 is 25.2 Å². The Bertz CT molecular complexity index is 1240. The predicted molar refractivity (Wildman–Crippen MR) is 137 cm³/mol. The number of rotatable bonds is 8. The molecule has 1 aliphatic heterocycles. The monoisotopic (exact) mass is 474 g/mol. The second-order valence-electron chi connectivity index (χ2n) is 8.70. The summed E-state index contributed by atoms with van der Waals surface area (Å²) in [6, 6.07) is 12.9. The molecule has 0 saturated carbocycles. The zero-order valence-corrected chi connectivity index (χ0v) is 20.2. The molecule has 1 aliphatic rings. The molecule has 1 fully saturated rings. The maximum atomic E-state index is 13.2. The van der Waals surface area contributed by atoms with Crippen LogP contribution >= 0.6 is 0 Å². The lowest BCUT2D eigenvalue weighted by Gasteiger charge is -2.19. The summed E-state index contributed by atoms with van der Waals surface area (Å²) in [6.07, 6.45) is 5.86. The Kier molecular flexibility index (Phi) is 7.57. The van der Waals surface area contributed by atoms with Gasteiger partial charge in [-0.15, -0.1) is 0 Å². The molecule has 1 aromatic heterocycles. The minimum atomic E-state index is -0.239. The van der Waals surface area contributed by atoms with Gasteiger partial charge in [0.15, 0.2) is 0 Å². The van der Waals surface area contributed by atoms with E-state index in [-0.39, 0.29) is 17.9 Å². The van der Waals surface area contributed by atoms with Crippen LogP contribution < -0.4 is 15.4 Å². The van der Waals surface area contributed by atoms with E-state index in [0.717, 1.165) is 17.3 Å². The molecule has 0 aliphatic carbocycles. The number of nitrogens with one attached hydrogen (secondary N) is 2. The summed E-state index contributed by atoms with van der Waals surface area (Å²) in [6.45, 7) is 1.82. The number of likely N-dealkylation sites (N-methyl/N-ethyl adjacent to an activating group) is 1.